The molecule has 0 spiro atoms. The molecule has 6 nitrogen and oxygen atoms in total. The minimum Gasteiger partial charge on any atom is -0.301 e. The lowest BCUT2D eigenvalue weighted by Crippen LogP contribution is -2.46. The number of nitrogens with one attached hydrogen (secondary N) is 1. The topological polar surface area (TPSA) is 83.6 Å². The van der Waals surface area contributed by atoms with Gasteiger partial charge >= 0.3 is 0 Å². The maximum Gasteiger partial charge on any atom is 0.261 e. The van der Waals surface area contributed by atoms with Gasteiger partial charge in [0.05, 0.1) is 12.3 Å². The third-order valence-corrected chi connectivity index (χ3v) is 3.63. The van der Waals surface area contributed by atoms with E-state index < -0.39 is 15.9 Å². The summed E-state index contributed by atoms with van der Waals surface area (Å²) >= 11 is 0. The Morgan fingerprint density at radius 2 is 1.95 bits per heavy atom. The van der Waals surface area contributed by atoms with Gasteiger partial charge in [0, 0.05) is 6.08 Å². The Morgan fingerprint density at radius 3 is 2.50 bits per heavy atom. The fourth-order valence-corrected chi connectivity index (χ4v) is 1.93. The number of benzene rings is 1. The van der Waals surface area contributed by atoms with Crippen LogP contribution in [0.3, 0.4) is 0 Å². The first-order valence-corrected chi connectivity index (χ1v) is 7.62. The molecule has 108 valence electrons. The van der Waals surface area contributed by atoms with E-state index in [0.29, 0.717) is 6.29 Å². The van der Waals surface area contributed by atoms with Crippen molar-refractivity contribution >= 4 is 28.3 Å². The van der Waals surface area contributed by atoms with Gasteiger partial charge in [-0.2, -0.15) is 0 Å². The van der Waals surface area contributed by atoms with Crippen molar-refractivity contribution < 1.29 is 18.0 Å². The molecule has 20 heavy (non-hydrogen) atoms. The molecule has 0 aromatic heterocycles. The number of nitrogens with zero attached hydrogens (tertiary/aromatic N) is 1. The molecule has 0 aliphatic rings. The molecule has 1 rings (SSSR count). The Hall–Kier alpha value is -1.99. The molecule has 0 heterocycles. The van der Waals surface area contributed by atoms with E-state index in [4.69, 9.17) is 0 Å². The van der Waals surface area contributed by atoms with Crippen molar-refractivity contribution in [3.8, 4) is 0 Å². The lowest BCUT2D eigenvalue weighted by atomic mass is 10.2. The first-order chi connectivity index (χ1) is 9.48. The van der Waals surface area contributed by atoms with Crippen LogP contribution in [0.1, 0.15) is 12.5 Å². The highest BCUT2D eigenvalue weighted by molar-refractivity contribution is 7.89. The zero-order chi connectivity index (χ0) is 15.0. The van der Waals surface area contributed by atoms with Gasteiger partial charge in [0.1, 0.15) is 6.29 Å². The van der Waals surface area contributed by atoms with Crippen molar-refractivity contribution in [1.29, 1.82) is 0 Å². The lowest BCUT2D eigenvalue weighted by molar-refractivity contribution is -0.129. The van der Waals surface area contributed by atoms with Crippen LogP contribution in [0, 0.1) is 0 Å². The van der Waals surface area contributed by atoms with Gasteiger partial charge < -0.3 is 4.79 Å². The molecule has 7 heteroatoms. The number of sulfonamides is 1. The molecular weight excluding hydrogens is 280 g/mol. The molecule has 0 saturated carbocycles. The number of aldehydes is 1. The van der Waals surface area contributed by atoms with E-state index in [1.165, 1.54) is 13.0 Å². The molecule has 0 aliphatic carbocycles. The second-order valence-electron chi connectivity index (χ2n) is 3.85. The molecule has 0 fully saturated rings. The Kier molecular flexibility index (Phi) is 6.08. The summed E-state index contributed by atoms with van der Waals surface area (Å²) in [6.07, 6.45) is 3.20. The van der Waals surface area contributed by atoms with Gasteiger partial charge in [-0.1, -0.05) is 30.3 Å². The summed E-state index contributed by atoms with van der Waals surface area (Å²) < 4.78 is 22.8. The molecule has 0 unspecified atom stereocenters. The zero-order valence-electron chi connectivity index (χ0n) is 11.0. The summed E-state index contributed by atoms with van der Waals surface area (Å²) in [4.78, 5) is 24.4. The van der Waals surface area contributed by atoms with Gasteiger partial charge in [-0.25, -0.2) is 8.42 Å². The largest absolute Gasteiger partial charge is 0.301 e. The predicted molar refractivity (Wildman–Crippen MR) is 75.8 cm³/mol. The fourth-order valence-electron chi connectivity index (χ4n) is 1.30. The summed E-state index contributed by atoms with van der Waals surface area (Å²) in [5.74, 6) is -0.795. The van der Waals surface area contributed by atoms with Gasteiger partial charge in [-0.3, -0.25) is 9.80 Å². The van der Waals surface area contributed by atoms with E-state index in [0.717, 1.165) is 10.6 Å². The number of carbonyl (C=O) groups is 2. The first-order valence-electron chi connectivity index (χ1n) is 5.97. The maximum absolute atomic E-state index is 11.9. The average Bonchev–Trinajstić information content (AvgIpc) is 2.45. The van der Waals surface area contributed by atoms with Gasteiger partial charge in [0.15, 0.2) is 0 Å². The molecule has 0 saturated heterocycles. The average molecular weight is 296 g/mol. The van der Waals surface area contributed by atoms with Crippen LogP contribution in [0.15, 0.2) is 36.4 Å². The quantitative estimate of drug-likeness (QED) is 0.453. The number of carbonyl (C=O) groups excluding carboxylic acids is 2. The second-order valence-corrected chi connectivity index (χ2v) is 5.84. The van der Waals surface area contributed by atoms with E-state index in [1.807, 2.05) is 18.2 Å². The minimum atomic E-state index is -3.61. The number of rotatable bonds is 7. The van der Waals surface area contributed by atoms with Crippen molar-refractivity contribution in [1.82, 2.24) is 9.84 Å². The highest BCUT2D eigenvalue weighted by Crippen LogP contribution is 2.01. The van der Waals surface area contributed by atoms with Gasteiger partial charge in [-0.15, -0.1) is 4.83 Å². The molecule has 0 bridgehead atoms. The molecule has 1 N–H and O–H groups in total. The fraction of sp³-hybridized carbons (Fsp3) is 0.231. The highest BCUT2D eigenvalue weighted by Gasteiger charge is 2.16. The normalized spacial score (nSPS) is 11.4. The summed E-state index contributed by atoms with van der Waals surface area (Å²) in [5.41, 5.74) is 0.797. The van der Waals surface area contributed by atoms with Gasteiger partial charge in [0.2, 0.25) is 10.0 Å². The smallest absolute Gasteiger partial charge is 0.261 e. The monoisotopic (exact) mass is 296 g/mol. The van der Waals surface area contributed by atoms with E-state index in [2.05, 4.69) is 4.83 Å². The molecule has 0 aliphatic heterocycles. The van der Waals surface area contributed by atoms with Crippen molar-refractivity contribution in [2.45, 2.75) is 6.92 Å². The van der Waals surface area contributed by atoms with E-state index in [-0.39, 0.29) is 12.3 Å². The van der Waals surface area contributed by atoms with Crippen LogP contribution in [0.25, 0.3) is 6.08 Å². The van der Waals surface area contributed by atoms with Crippen LogP contribution in [-0.4, -0.2) is 37.9 Å². The van der Waals surface area contributed by atoms with E-state index in [1.54, 1.807) is 18.2 Å². The summed E-state index contributed by atoms with van der Waals surface area (Å²) in [5, 5.41) is 0.755. The Bertz CT molecular complexity index is 582. The van der Waals surface area contributed by atoms with Crippen molar-refractivity contribution in [3.63, 3.8) is 0 Å². The van der Waals surface area contributed by atoms with Crippen LogP contribution >= 0.6 is 0 Å². The van der Waals surface area contributed by atoms with Gasteiger partial charge in [-0.05, 0) is 18.6 Å². The second kappa shape index (κ2) is 7.56. The van der Waals surface area contributed by atoms with Crippen LogP contribution in [0.5, 0.6) is 0 Å². The number of hydrogen-bond donors (Lipinski definition) is 1. The first kappa shape index (κ1) is 16.1. The maximum atomic E-state index is 11.9. The van der Waals surface area contributed by atoms with Crippen LogP contribution in [0.4, 0.5) is 0 Å². The Balaban J connectivity index is 2.79. The zero-order valence-corrected chi connectivity index (χ0v) is 11.8. The van der Waals surface area contributed by atoms with Crippen molar-refractivity contribution in [2.75, 3.05) is 12.3 Å². The molecule has 1 amide bonds. The predicted octanol–water partition coefficient (Wildman–Crippen LogP) is 0.582. The molecule has 1 aromatic carbocycles. The number of amides is 1. The van der Waals surface area contributed by atoms with Crippen LogP contribution in [0.2, 0.25) is 0 Å². The molecular formula is C13H16N2O4S. The van der Waals surface area contributed by atoms with Crippen LogP contribution in [-0.2, 0) is 19.6 Å². The van der Waals surface area contributed by atoms with Gasteiger partial charge in [0.25, 0.3) is 5.91 Å². The van der Waals surface area contributed by atoms with Crippen molar-refractivity contribution in [2.24, 2.45) is 0 Å². The van der Waals surface area contributed by atoms with E-state index >= 15 is 0 Å². The third kappa shape index (κ3) is 5.33. The molecule has 1 aromatic rings. The number of hydrazine groups is 1. The number of hydrogen-bond acceptors (Lipinski definition) is 4. The SMILES string of the molecule is CCS(=O)(=O)NN(CC=O)C(=O)/C=C/c1ccccc1. The molecule has 0 radical (unpaired) electrons. The highest BCUT2D eigenvalue weighted by atomic mass is 32.2. The van der Waals surface area contributed by atoms with Crippen LogP contribution < -0.4 is 4.83 Å². The van der Waals surface area contributed by atoms with Crippen molar-refractivity contribution in [3.05, 3.63) is 42.0 Å². The minimum absolute atomic E-state index is 0.183. The third-order valence-electron chi connectivity index (χ3n) is 2.37. The Labute approximate surface area is 118 Å². The molecule has 0 atom stereocenters. The lowest BCUT2D eigenvalue weighted by Gasteiger charge is -2.18. The summed E-state index contributed by atoms with van der Waals surface area (Å²) in [6.45, 7) is 1.09. The Morgan fingerprint density at radius 1 is 1.30 bits per heavy atom. The summed E-state index contributed by atoms with van der Waals surface area (Å²) in [7, 11) is -3.61. The summed E-state index contributed by atoms with van der Waals surface area (Å²) in [6, 6.07) is 9.06. The van der Waals surface area contributed by atoms with E-state index in [9.17, 15) is 18.0 Å². The standard InChI is InChI=1S/C13H16N2O4S/c1-2-20(18,19)14-15(10-11-16)13(17)9-8-12-6-4-3-5-7-12/h3-9,11,14H,2,10H2,1H3/b9-8+.